The van der Waals surface area contributed by atoms with Gasteiger partial charge in [0, 0.05) is 12.1 Å². The molecule has 68 valence electrons. The van der Waals surface area contributed by atoms with E-state index in [4.69, 9.17) is 5.48 Å². The van der Waals surface area contributed by atoms with Gasteiger partial charge in [-0.15, -0.1) is 0 Å². The van der Waals surface area contributed by atoms with Crippen molar-refractivity contribution in [2.75, 3.05) is 7.11 Å². The average Bonchev–Trinajstić information content (AvgIpc) is 2.26. The predicted octanol–water partition coefficient (Wildman–Crippen LogP) is 1.38. The third kappa shape index (κ3) is 2.02. The predicted molar refractivity (Wildman–Crippen MR) is 44.4 cm³/mol. The molecule has 1 aromatic rings. The number of nitrogens with zero attached hydrogens (tertiary/aromatic N) is 1. The molecule has 0 aromatic heterocycles. The number of hydrogen-bond acceptors (Lipinski definition) is 4. The summed E-state index contributed by atoms with van der Waals surface area (Å²) in [4.78, 5) is 20.8. The first-order valence-corrected chi connectivity index (χ1v) is 3.16. The average molecular weight is 185 g/mol. The van der Waals surface area contributed by atoms with E-state index in [1.54, 1.807) is 0 Å². The van der Waals surface area contributed by atoms with E-state index in [0.29, 0.717) is 0 Å². The zero-order valence-electron chi connectivity index (χ0n) is 10.6. The Labute approximate surface area is 79.7 Å². The number of esters is 1. The van der Waals surface area contributed by atoms with Gasteiger partial charge in [0.1, 0.15) is 0 Å². The maximum absolute atomic E-state index is 11.2. The summed E-state index contributed by atoms with van der Waals surface area (Å²) < 4.78 is 33.8. The van der Waals surface area contributed by atoms with Gasteiger partial charge in [-0.25, -0.2) is 4.79 Å². The second-order valence-corrected chi connectivity index (χ2v) is 1.97. The molecule has 0 fully saturated rings. The minimum Gasteiger partial charge on any atom is -0.465 e. The van der Waals surface area contributed by atoms with Crippen molar-refractivity contribution in [3.63, 3.8) is 0 Å². The van der Waals surface area contributed by atoms with Crippen LogP contribution in [0.3, 0.4) is 0 Å². The number of nitro groups is 1. The number of carbonyl (C=O) groups excluding carboxylic acids is 1. The van der Waals surface area contributed by atoms with Gasteiger partial charge < -0.3 is 4.74 Å². The SMILES string of the molecule is [2H]c1c([2H])c([N+](=O)[O-])c([2H])c([2H])c1C(=O)OC. The lowest BCUT2D eigenvalue weighted by Crippen LogP contribution is -2.00. The fraction of sp³-hybridized carbons (Fsp3) is 0.125. The molecular formula is C8H7NO4. The third-order valence-corrected chi connectivity index (χ3v) is 1.18. The Morgan fingerprint density at radius 3 is 2.46 bits per heavy atom. The molecule has 0 radical (unpaired) electrons. The lowest BCUT2D eigenvalue weighted by molar-refractivity contribution is -0.384. The zero-order chi connectivity index (χ0) is 13.3. The van der Waals surface area contributed by atoms with Gasteiger partial charge in [0.15, 0.2) is 0 Å². The Balaban J connectivity index is 3.70. The van der Waals surface area contributed by atoms with Crippen LogP contribution in [0.4, 0.5) is 5.69 Å². The summed E-state index contributed by atoms with van der Waals surface area (Å²) in [6.45, 7) is 0. The Bertz CT molecular complexity index is 488. The minimum atomic E-state index is -1.07. The maximum Gasteiger partial charge on any atom is 0.337 e. The standard InChI is InChI=1S/C8H7NO4/c1-13-8(10)6-2-4-7(5-3-6)9(11)12/h2-5H,1H3/i2D,3D,4D,5D. The number of methoxy groups -OCH3 is 1. The molecule has 0 aliphatic carbocycles. The molecule has 0 atom stereocenters. The highest BCUT2D eigenvalue weighted by Gasteiger charge is 2.08. The monoisotopic (exact) mass is 185 g/mol. The molecule has 0 unspecified atom stereocenters. The first-order valence-electron chi connectivity index (χ1n) is 5.16. The van der Waals surface area contributed by atoms with Crippen molar-refractivity contribution in [2.45, 2.75) is 0 Å². The molecule has 5 heteroatoms. The highest BCUT2D eigenvalue weighted by Crippen LogP contribution is 2.12. The fourth-order valence-corrected chi connectivity index (χ4v) is 0.601. The molecule has 0 aliphatic heterocycles. The van der Waals surface area contributed by atoms with Crippen LogP contribution < -0.4 is 0 Å². The maximum atomic E-state index is 11.2. The number of rotatable bonds is 2. The molecular weight excluding hydrogens is 174 g/mol. The number of carbonyl (C=O) groups is 1. The summed E-state index contributed by atoms with van der Waals surface area (Å²) in [5.74, 6) is -1.07. The fourth-order valence-electron chi connectivity index (χ4n) is 0.601. The van der Waals surface area contributed by atoms with Crippen molar-refractivity contribution in [3.8, 4) is 0 Å². The van der Waals surface area contributed by atoms with Crippen molar-refractivity contribution in [1.29, 1.82) is 0 Å². The van der Waals surface area contributed by atoms with Crippen LogP contribution >= 0.6 is 0 Å². The van der Waals surface area contributed by atoms with Crippen LogP contribution in [0.2, 0.25) is 0 Å². The van der Waals surface area contributed by atoms with Gasteiger partial charge in [0.25, 0.3) is 5.69 Å². The van der Waals surface area contributed by atoms with Crippen molar-refractivity contribution >= 4 is 11.7 Å². The van der Waals surface area contributed by atoms with Gasteiger partial charge in [-0.05, 0) is 12.1 Å². The lowest BCUT2D eigenvalue weighted by Gasteiger charge is -1.97. The van der Waals surface area contributed by atoms with Crippen LogP contribution in [0.1, 0.15) is 15.8 Å². The molecule has 0 saturated heterocycles. The highest BCUT2D eigenvalue weighted by molar-refractivity contribution is 5.89. The van der Waals surface area contributed by atoms with Crippen LogP contribution in [0.25, 0.3) is 0 Å². The Hall–Kier alpha value is -1.91. The van der Waals surface area contributed by atoms with Crippen molar-refractivity contribution in [2.24, 2.45) is 0 Å². The van der Waals surface area contributed by atoms with Crippen LogP contribution in [0, 0.1) is 10.1 Å². The topological polar surface area (TPSA) is 69.4 Å². The van der Waals surface area contributed by atoms with E-state index >= 15 is 0 Å². The van der Waals surface area contributed by atoms with E-state index < -0.39 is 46.3 Å². The zero-order valence-corrected chi connectivity index (χ0v) is 6.58. The molecule has 0 bridgehead atoms. The highest BCUT2D eigenvalue weighted by atomic mass is 16.6. The molecule has 13 heavy (non-hydrogen) atoms. The molecule has 1 rings (SSSR count). The Morgan fingerprint density at radius 1 is 1.54 bits per heavy atom. The molecule has 5 nitrogen and oxygen atoms in total. The van der Waals surface area contributed by atoms with Crippen molar-refractivity contribution < 1.29 is 19.9 Å². The summed E-state index contributed by atoms with van der Waals surface area (Å²) in [6, 6.07) is -3.33. The second kappa shape index (κ2) is 3.66. The van der Waals surface area contributed by atoms with Crippen LogP contribution in [0.5, 0.6) is 0 Å². The van der Waals surface area contributed by atoms with Crippen molar-refractivity contribution in [3.05, 3.63) is 39.8 Å². The second-order valence-electron chi connectivity index (χ2n) is 1.97. The van der Waals surface area contributed by atoms with Gasteiger partial charge in [-0.1, -0.05) is 0 Å². The third-order valence-electron chi connectivity index (χ3n) is 1.18. The quantitative estimate of drug-likeness (QED) is 0.396. The van der Waals surface area contributed by atoms with E-state index in [0.717, 1.165) is 7.11 Å². The summed E-state index contributed by atoms with van der Waals surface area (Å²) in [7, 11) is 1.01. The summed E-state index contributed by atoms with van der Waals surface area (Å²) in [5.41, 5.74) is -1.58. The van der Waals surface area contributed by atoms with Gasteiger partial charge in [-0.2, -0.15) is 0 Å². The van der Waals surface area contributed by atoms with Crippen molar-refractivity contribution in [1.82, 2.24) is 0 Å². The summed E-state index contributed by atoms with van der Waals surface area (Å²) >= 11 is 0. The van der Waals surface area contributed by atoms with Gasteiger partial charge in [-0.3, -0.25) is 10.1 Å². The largest absolute Gasteiger partial charge is 0.465 e. The van der Waals surface area contributed by atoms with E-state index in [1.807, 2.05) is 0 Å². The summed E-state index contributed by atoms with van der Waals surface area (Å²) in [5, 5.41) is 10.6. The number of benzene rings is 1. The molecule has 0 spiro atoms. The van der Waals surface area contributed by atoms with Crippen LogP contribution in [-0.2, 0) is 4.74 Å². The van der Waals surface area contributed by atoms with E-state index in [1.165, 1.54) is 0 Å². The molecule has 0 saturated carbocycles. The van der Waals surface area contributed by atoms with Gasteiger partial charge in [0.2, 0.25) is 0 Å². The molecule has 0 aliphatic rings. The van der Waals surface area contributed by atoms with Gasteiger partial charge >= 0.3 is 5.97 Å². The Morgan fingerprint density at radius 2 is 2.08 bits per heavy atom. The first-order chi connectivity index (χ1) is 7.82. The van der Waals surface area contributed by atoms with E-state index in [-0.39, 0.29) is 0 Å². The molecule has 0 heterocycles. The van der Waals surface area contributed by atoms with Gasteiger partial charge in [0.05, 0.1) is 23.1 Å². The van der Waals surface area contributed by atoms with E-state index in [9.17, 15) is 14.9 Å². The molecule has 0 amide bonds. The smallest absolute Gasteiger partial charge is 0.337 e. The number of nitro benzene ring substituents is 1. The minimum absolute atomic E-state index is 0.617. The number of ether oxygens (including phenoxy) is 1. The summed E-state index contributed by atoms with van der Waals surface area (Å²) in [6.07, 6.45) is 0. The van der Waals surface area contributed by atoms with Crippen LogP contribution in [-0.4, -0.2) is 18.0 Å². The lowest BCUT2D eigenvalue weighted by atomic mass is 10.2. The molecule has 1 aromatic carbocycles. The molecule has 0 N–H and O–H groups in total. The van der Waals surface area contributed by atoms with E-state index in [2.05, 4.69) is 4.74 Å². The number of hydrogen-bond donors (Lipinski definition) is 0. The normalized spacial score (nSPS) is 13.6. The first kappa shape index (κ1) is 4.96. The van der Waals surface area contributed by atoms with Crippen LogP contribution in [0.15, 0.2) is 24.2 Å². The Kier molecular flexibility index (Phi) is 1.40.